The summed E-state index contributed by atoms with van der Waals surface area (Å²) in [5.74, 6) is -0.741. The molecule has 1 saturated heterocycles. The van der Waals surface area contributed by atoms with E-state index in [2.05, 4.69) is 20.8 Å². The van der Waals surface area contributed by atoms with Gasteiger partial charge in [0.2, 0.25) is 11.0 Å². The van der Waals surface area contributed by atoms with Crippen LogP contribution in [0, 0.1) is 0 Å². The normalized spacial score (nSPS) is 17.4. The molecular formula is C19H22F3N5O3S. The van der Waals surface area contributed by atoms with Gasteiger partial charge in [0.05, 0.1) is 25.1 Å². The smallest absolute Gasteiger partial charge is 0.416 e. The second kappa shape index (κ2) is 10.2. The number of aromatic nitrogens is 2. The molecule has 1 unspecified atom stereocenters. The number of rotatable bonds is 7. The number of alkyl halides is 3. The fourth-order valence-electron chi connectivity index (χ4n) is 3.21. The number of esters is 1. The first-order valence-electron chi connectivity index (χ1n) is 9.66. The molecule has 0 radical (unpaired) electrons. The van der Waals surface area contributed by atoms with Gasteiger partial charge in [0.1, 0.15) is 5.01 Å². The van der Waals surface area contributed by atoms with E-state index in [-0.39, 0.29) is 36.7 Å². The molecular weight excluding hydrogens is 435 g/mol. The predicted molar refractivity (Wildman–Crippen MR) is 108 cm³/mol. The van der Waals surface area contributed by atoms with Gasteiger partial charge in [-0.2, -0.15) is 13.2 Å². The fourth-order valence-corrected chi connectivity index (χ4v) is 3.95. The van der Waals surface area contributed by atoms with Gasteiger partial charge in [-0.25, -0.2) is 0 Å². The van der Waals surface area contributed by atoms with Crippen LogP contribution < -0.4 is 10.6 Å². The summed E-state index contributed by atoms with van der Waals surface area (Å²) in [5.41, 5.74) is -0.0140. The first kappa shape index (κ1) is 23.1. The van der Waals surface area contributed by atoms with Gasteiger partial charge < -0.3 is 10.1 Å². The van der Waals surface area contributed by atoms with Gasteiger partial charge in [0, 0.05) is 25.7 Å². The lowest BCUT2D eigenvalue weighted by molar-refractivity contribution is -0.142. The molecule has 0 spiro atoms. The number of hydrogen-bond donors (Lipinski definition) is 2. The molecule has 8 nitrogen and oxygen atoms in total. The molecule has 0 aliphatic carbocycles. The van der Waals surface area contributed by atoms with Gasteiger partial charge in [-0.3, -0.25) is 19.8 Å². The van der Waals surface area contributed by atoms with Crippen LogP contribution >= 0.6 is 11.3 Å². The number of amides is 1. The summed E-state index contributed by atoms with van der Waals surface area (Å²) in [5, 5.41) is 14.3. The average molecular weight is 457 g/mol. The lowest BCUT2D eigenvalue weighted by Gasteiger charge is -2.36. The quantitative estimate of drug-likeness (QED) is 0.616. The van der Waals surface area contributed by atoms with E-state index in [0.717, 1.165) is 23.5 Å². The first-order valence-corrected chi connectivity index (χ1v) is 10.5. The van der Waals surface area contributed by atoms with Crippen molar-refractivity contribution in [1.82, 2.24) is 20.4 Å². The minimum Gasteiger partial charge on any atom is -0.466 e. The Morgan fingerprint density at radius 2 is 2.03 bits per heavy atom. The topological polar surface area (TPSA) is 96.5 Å². The Balaban J connectivity index is 1.60. The van der Waals surface area contributed by atoms with Crippen LogP contribution in [0.4, 0.5) is 18.3 Å². The van der Waals surface area contributed by atoms with Crippen LogP contribution in [0.2, 0.25) is 0 Å². The highest BCUT2D eigenvalue weighted by atomic mass is 32.1. The number of halogens is 3. The van der Waals surface area contributed by atoms with Gasteiger partial charge in [-0.05, 0) is 24.6 Å². The third-order valence-corrected chi connectivity index (χ3v) is 5.48. The molecule has 1 aromatic carbocycles. The van der Waals surface area contributed by atoms with Gasteiger partial charge >= 0.3 is 12.1 Å². The van der Waals surface area contributed by atoms with Crippen molar-refractivity contribution < 1.29 is 27.5 Å². The fraction of sp³-hybridized carbons (Fsp3) is 0.474. The van der Waals surface area contributed by atoms with Crippen molar-refractivity contribution in [3.8, 4) is 0 Å². The molecule has 3 rings (SSSR count). The number of hydrogen-bond acceptors (Lipinski definition) is 8. The van der Waals surface area contributed by atoms with Crippen molar-refractivity contribution in [2.24, 2.45) is 0 Å². The maximum absolute atomic E-state index is 12.8. The lowest BCUT2D eigenvalue weighted by atomic mass is 10.0. The highest BCUT2D eigenvalue weighted by molar-refractivity contribution is 7.15. The highest BCUT2D eigenvalue weighted by Gasteiger charge is 2.31. The van der Waals surface area contributed by atoms with Crippen LogP contribution in [-0.2, 0) is 26.9 Å². The van der Waals surface area contributed by atoms with Crippen molar-refractivity contribution in [3.05, 3.63) is 40.4 Å². The van der Waals surface area contributed by atoms with Gasteiger partial charge in [-0.15, -0.1) is 10.2 Å². The molecule has 2 N–H and O–H groups in total. The van der Waals surface area contributed by atoms with Crippen LogP contribution in [0.1, 0.15) is 29.1 Å². The number of benzene rings is 1. The van der Waals surface area contributed by atoms with Gasteiger partial charge in [0.25, 0.3) is 0 Å². The first-order chi connectivity index (χ1) is 14.8. The molecule has 31 heavy (non-hydrogen) atoms. The molecule has 2 aromatic rings. The van der Waals surface area contributed by atoms with Crippen molar-refractivity contribution in [1.29, 1.82) is 0 Å². The Hall–Kier alpha value is -2.57. The van der Waals surface area contributed by atoms with E-state index in [9.17, 15) is 22.8 Å². The summed E-state index contributed by atoms with van der Waals surface area (Å²) in [6.07, 6.45) is -4.41. The van der Waals surface area contributed by atoms with Crippen LogP contribution in [0.25, 0.3) is 0 Å². The average Bonchev–Trinajstić information content (AvgIpc) is 3.14. The maximum Gasteiger partial charge on any atom is 0.416 e. The van der Waals surface area contributed by atoms with Crippen molar-refractivity contribution in [2.75, 3.05) is 38.1 Å². The Bertz CT molecular complexity index is 904. The zero-order valence-electron chi connectivity index (χ0n) is 16.7. The second-order valence-electron chi connectivity index (χ2n) is 6.84. The third-order valence-electron chi connectivity index (χ3n) is 4.64. The van der Waals surface area contributed by atoms with Crippen molar-refractivity contribution >= 4 is 28.3 Å². The zero-order chi connectivity index (χ0) is 22.4. The zero-order valence-corrected chi connectivity index (χ0v) is 17.6. The van der Waals surface area contributed by atoms with E-state index < -0.39 is 17.7 Å². The molecule has 1 aliphatic rings. The molecule has 2 heterocycles. The van der Waals surface area contributed by atoms with Crippen molar-refractivity contribution in [2.45, 2.75) is 25.6 Å². The molecule has 1 fully saturated rings. The summed E-state index contributed by atoms with van der Waals surface area (Å²) in [6, 6.07) is 4.74. The Morgan fingerprint density at radius 3 is 2.71 bits per heavy atom. The molecule has 1 amide bonds. The highest BCUT2D eigenvalue weighted by Crippen LogP contribution is 2.31. The number of carbonyl (C=O) groups is 2. The summed E-state index contributed by atoms with van der Waals surface area (Å²) < 4.78 is 43.3. The standard InChI is InChI=1S/C19H22F3N5O3S/c1-2-30-17(29)9-16-25-26-18(31-16)24-15(28)11-27-8-7-23-10-14(27)12-3-5-13(6-4-12)19(20,21)22/h3-6,14,23H,2,7-11H2,1H3,(H,24,26,28). The van der Waals surface area contributed by atoms with E-state index in [1.807, 2.05) is 4.90 Å². The van der Waals surface area contributed by atoms with Crippen LogP contribution in [0.15, 0.2) is 24.3 Å². The molecule has 0 bridgehead atoms. The number of carbonyl (C=O) groups excluding carboxylic acids is 2. The summed E-state index contributed by atoms with van der Waals surface area (Å²) >= 11 is 1.09. The molecule has 1 aliphatic heterocycles. The van der Waals surface area contributed by atoms with Crippen LogP contribution in [-0.4, -0.2) is 59.8 Å². The Kier molecular flexibility index (Phi) is 7.57. The monoisotopic (exact) mass is 457 g/mol. The van der Waals surface area contributed by atoms with E-state index >= 15 is 0 Å². The summed E-state index contributed by atoms with van der Waals surface area (Å²) in [7, 11) is 0. The Morgan fingerprint density at radius 1 is 1.29 bits per heavy atom. The van der Waals surface area contributed by atoms with Crippen LogP contribution in [0.5, 0.6) is 0 Å². The number of nitrogens with one attached hydrogen (secondary N) is 2. The number of nitrogens with zero attached hydrogens (tertiary/aromatic N) is 3. The molecule has 0 saturated carbocycles. The third kappa shape index (κ3) is 6.45. The molecule has 1 aromatic heterocycles. The van der Waals surface area contributed by atoms with Crippen molar-refractivity contribution in [3.63, 3.8) is 0 Å². The van der Waals surface area contributed by atoms with E-state index in [1.54, 1.807) is 6.92 Å². The van der Waals surface area contributed by atoms with Gasteiger partial charge in [-0.1, -0.05) is 23.5 Å². The van der Waals surface area contributed by atoms with Gasteiger partial charge in [0.15, 0.2) is 0 Å². The lowest BCUT2D eigenvalue weighted by Crippen LogP contribution is -2.48. The minimum absolute atomic E-state index is 0.0187. The Labute approximate surface area is 180 Å². The number of piperazine rings is 1. The minimum atomic E-state index is -4.39. The van der Waals surface area contributed by atoms with E-state index in [4.69, 9.17) is 4.74 Å². The van der Waals surface area contributed by atoms with E-state index in [1.165, 1.54) is 12.1 Å². The second-order valence-corrected chi connectivity index (χ2v) is 7.90. The SMILES string of the molecule is CCOC(=O)Cc1nnc(NC(=O)CN2CCNCC2c2ccc(C(F)(F)F)cc2)s1. The number of ether oxygens (including phenoxy) is 1. The maximum atomic E-state index is 12.8. The summed E-state index contributed by atoms with van der Waals surface area (Å²) in [4.78, 5) is 25.9. The largest absolute Gasteiger partial charge is 0.466 e. The molecule has 168 valence electrons. The van der Waals surface area contributed by atoms with Crippen LogP contribution in [0.3, 0.4) is 0 Å². The molecule has 12 heteroatoms. The predicted octanol–water partition coefficient (Wildman–Crippen LogP) is 2.25. The van der Waals surface area contributed by atoms with E-state index in [0.29, 0.717) is 30.2 Å². The number of anilines is 1. The summed E-state index contributed by atoms with van der Waals surface area (Å²) in [6.45, 7) is 3.75. The molecule has 1 atom stereocenters.